The third kappa shape index (κ3) is 1.83. The van der Waals surface area contributed by atoms with Crippen molar-refractivity contribution in [1.82, 2.24) is 0 Å². The van der Waals surface area contributed by atoms with E-state index in [1.165, 1.54) is 5.57 Å². The van der Waals surface area contributed by atoms with Crippen LogP contribution in [-0.4, -0.2) is 6.21 Å². The first kappa shape index (κ1) is 7.26. The predicted molar refractivity (Wildman–Crippen MR) is 45.2 cm³/mol. The lowest BCUT2D eigenvalue weighted by Crippen LogP contribution is -1.86. The Morgan fingerprint density at radius 3 is 3.10 bits per heavy atom. The number of allylic oxidation sites excluding steroid dienone is 3. The molecule has 0 saturated carbocycles. The van der Waals surface area contributed by atoms with Gasteiger partial charge in [-0.25, -0.2) is 0 Å². The van der Waals surface area contributed by atoms with E-state index in [-0.39, 0.29) is 0 Å². The molecular formula is C9H13N. The van der Waals surface area contributed by atoms with Gasteiger partial charge in [-0.1, -0.05) is 26.0 Å². The van der Waals surface area contributed by atoms with E-state index < -0.39 is 0 Å². The minimum absolute atomic E-state index is 0.486. The molecule has 1 heterocycles. The van der Waals surface area contributed by atoms with Gasteiger partial charge in [0.1, 0.15) is 0 Å². The van der Waals surface area contributed by atoms with Crippen LogP contribution in [0.3, 0.4) is 0 Å². The largest absolute Gasteiger partial charge is 0.268 e. The second kappa shape index (κ2) is 3.35. The van der Waals surface area contributed by atoms with Crippen LogP contribution in [0.1, 0.15) is 20.3 Å². The Morgan fingerprint density at radius 1 is 1.60 bits per heavy atom. The summed E-state index contributed by atoms with van der Waals surface area (Å²) in [5.74, 6) is 0.486. The second-order valence-corrected chi connectivity index (χ2v) is 2.57. The topological polar surface area (TPSA) is 12.4 Å². The summed E-state index contributed by atoms with van der Waals surface area (Å²) in [5, 5.41) is 0. The van der Waals surface area contributed by atoms with Crippen LogP contribution in [-0.2, 0) is 0 Å². The lowest BCUT2D eigenvalue weighted by atomic mass is 10.1. The summed E-state index contributed by atoms with van der Waals surface area (Å²) in [7, 11) is 0. The van der Waals surface area contributed by atoms with Crippen molar-refractivity contribution in [3.05, 3.63) is 23.9 Å². The first-order chi connectivity index (χ1) is 4.83. The number of nitrogens with zero attached hydrogens (tertiary/aromatic N) is 1. The fourth-order valence-electron chi connectivity index (χ4n) is 0.852. The van der Waals surface area contributed by atoms with Gasteiger partial charge >= 0.3 is 0 Å². The SMILES string of the molecule is CCC1=CN=CC(C)C=C1. The lowest BCUT2D eigenvalue weighted by Gasteiger charge is -1.91. The molecule has 0 aromatic carbocycles. The summed E-state index contributed by atoms with van der Waals surface area (Å²) in [6, 6.07) is 0. The molecule has 1 nitrogen and oxygen atoms in total. The molecule has 54 valence electrons. The summed E-state index contributed by atoms with van der Waals surface area (Å²) >= 11 is 0. The lowest BCUT2D eigenvalue weighted by molar-refractivity contribution is 1.02. The van der Waals surface area contributed by atoms with E-state index >= 15 is 0 Å². The zero-order valence-corrected chi connectivity index (χ0v) is 6.54. The summed E-state index contributed by atoms with van der Waals surface area (Å²) < 4.78 is 0. The van der Waals surface area contributed by atoms with Crippen LogP contribution in [0.25, 0.3) is 0 Å². The normalized spacial score (nSPS) is 24.2. The smallest absolute Gasteiger partial charge is 0.0295 e. The molecule has 0 amide bonds. The number of rotatable bonds is 1. The van der Waals surface area contributed by atoms with Gasteiger partial charge in [0.2, 0.25) is 0 Å². The molecule has 1 aliphatic rings. The van der Waals surface area contributed by atoms with Crippen molar-refractivity contribution in [2.24, 2.45) is 10.9 Å². The summed E-state index contributed by atoms with van der Waals surface area (Å²) in [6.45, 7) is 4.27. The Morgan fingerprint density at radius 2 is 2.40 bits per heavy atom. The van der Waals surface area contributed by atoms with Gasteiger partial charge in [-0.15, -0.1) is 0 Å². The molecule has 1 heteroatoms. The minimum atomic E-state index is 0.486. The van der Waals surface area contributed by atoms with Crippen LogP contribution in [0.4, 0.5) is 0 Å². The third-order valence-corrected chi connectivity index (χ3v) is 1.58. The van der Waals surface area contributed by atoms with E-state index in [0.29, 0.717) is 5.92 Å². The van der Waals surface area contributed by atoms with Crippen LogP contribution in [0, 0.1) is 5.92 Å². The average Bonchev–Trinajstić information content (AvgIpc) is 2.14. The van der Waals surface area contributed by atoms with Crippen molar-refractivity contribution < 1.29 is 0 Å². The molecule has 0 fully saturated rings. The molecule has 10 heavy (non-hydrogen) atoms. The number of aliphatic imine (C=N–C) groups is 1. The molecule has 0 bridgehead atoms. The monoisotopic (exact) mass is 135 g/mol. The average molecular weight is 135 g/mol. The van der Waals surface area contributed by atoms with E-state index in [9.17, 15) is 0 Å². The molecule has 1 aliphatic heterocycles. The van der Waals surface area contributed by atoms with E-state index in [4.69, 9.17) is 0 Å². The molecule has 0 aromatic rings. The second-order valence-electron chi connectivity index (χ2n) is 2.57. The molecule has 0 aromatic heterocycles. The molecule has 0 spiro atoms. The molecule has 1 atom stereocenters. The van der Waals surface area contributed by atoms with Crippen LogP contribution in [0.15, 0.2) is 28.9 Å². The van der Waals surface area contributed by atoms with Crippen molar-refractivity contribution in [2.75, 3.05) is 0 Å². The molecule has 0 saturated heterocycles. The maximum Gasteiger partial charge on any atom is 0.0295 e. The van der Waals surface area contributed by atoms with Gasteiger partial charge in [0.05, 0.1) is 0 Å². The number of hydrogen-bond acceptors (Lipinski definition) is 1. The van der Waals surface area contributed by atoms with Gasteiger partial charge in [0, 0.05) is 18.3 Å². The molecule has 1 unspecified atom stereocenters. The Labute approximate surface area is 62.2 Å². The molecular weight excluding hydrogens is 122 g/mol. The molecule has 0 radical (unpaired) electrons. The van der Waals surface area contributed by atoms with E-state index in [1.54, 1.807) is 0 Å². The van der Waals surface area contributed by atoms with Crippen LogP contribution < -0.4 is 0 Å². The van der Waals surface area contributed by atoms with Gasteiger partial charge in [-0.3, -0.25) is 4.99 Å². The minimum Gasteiger partial charge on any atom is -0.268 e. The highest BCUT2D eigenvalue weighted by Crippen LogP contribution is 2.08. The Hall–Kier alpha value is -0.850. The Balaban J connectivity index is 2.71. The van der Waals surface area contributed by atoms with Crippen molar-refractivity contribution in [3.63, 3.8) is 0 Å². The van der Waals surface area contributed by atoms with Gasteiger partial charge in [-0.2, -0.15) is 0 Å². The first-order valence-corrected chi connectivity index (χ1v) is 3.73. The maximum atomic E-state index is 4.15. The van der Waals surface area contributed by atoms with Gasteiger partial charge in [0.25, 0.3) is 0 Å². The van der Waals surface area contributed by atoms with Crippen molar-refractivity contribution in [1.29, 1.82) is 0 Å². The molecule has 1 rings (SSSR count). The van der Waals surface area contributed by atoms with E-state index in [1.807, 2.05) is 12.4 Å². The fourth-order valence-corrected chi connectivity index (χ4v) is 0.852. The fraction of sp³-hybridized carbons (Fsp3) is 0.444. The summed E-state index contributed by atoms with van der Waals surface area (Å²) in [6.07, 6.45) is 9.28. The van der Waals surface area contributed by atoms with Crippen LogP contribution >= 0.6 is 0 Å². The van der Waals surface area contributed by atoms with E-state index in [0.717, 1.165) is 6.42 Å². The van der Waals surface area contributed by atoms with Gasteiger partial charge in [0.15, 0.2) is 0 Å². The van der Waals surface area contributed by atoms with Gasteiger partial charge < -0.3 is 0 Å². The number of hydrogen-bond donors (Lipinski definition) is 0. The molecule has 0 N–H and O–H groups in total. The first-order valence-electron chi connectivity index (χ1n) is 3.73. The highest BCUT2D eigenvalue weighted by atomic mass is 14.7. The summed E-state index contributed by atoms with van der Waals surface area (Å²) in [4.78, 5) is 4.15. The summed E-state index contributed by atoms with van der Waals surface area (Å²) in [5.41, 5.74) is 1.31. The standard InChI is InChI=1S/C9H13N/c1-3-9-5-4-8(2)6-10-7-9/h4-8H,3H2,1-2H3. The van der Waals surface area contributed by atoms with Crippen molar-refractivity contribution in [2.45, 2.75) is 20.3 Å². The third-order valence-electron chi connectivity index (χ3n) is 1.58. The van der Waals surface area contributed by atoms with Crippen LogP contribution in [0.2, 0.25) is 0 Å². The van der Waals surface area contributed by atoms with Crippen molar-refractivity contribution >= 4 is 6.21 Å². The van der Waals surface area contributed by atoms with Crippen LogP contribution in [0.5, 0.6) is 0 Å². The zero-order chi connectivity index (χ0) is 7.40. The predicted octanol–water partition coefficient (Wildman–Crippen LogP) is 2.56. The quantitative estimate of drug-likeness (QED) is 0.524. The van der Waals surface area contributed by atoms with E-state index in [2.05, 4.69) is 31.0 Å². The molecule has 0 aliphatic carbocycles. The van der Waals surface area contributed by atoms with Gasteiger partial charge in [-0.05, 0) is 12.0 Å². The Bertz CT molecular complexity index is 187. The zero-order valence-electron chi connectivity index (χ0n) is 6.54. The Kier molecular flexibility index (Phi) is 2.43. The highest BCUT2D eigenvalue weighted by molar-refractivity contribution is 5.64. The maximum absolute atomic E-state index is 4.15. The highest BCUT2D eigenvalue weighted by Gasteiger charge is 1.94. The van der Waals surface area contributed by atoms with Crippen molar-refractivity contribution in [3.8, 4) is 0 Å².